The highest BCUT2D eigenvalue weighted by Gasteiger charge is 2.36. The molecule has 0 fully saturated rings. The van der Waals surface area contributed by atoms with E-state index in [1.165, 1.54) is 24.3 Å². The number of sulfonamides is 1. The molecule has 0 amide bonds. The van der Waals surface area contributed by atoms with E-state index in [1.807, 2.05) is 0 Å². The lowest BCUT2D eigenvalue weighted by molar-refractivity contribution is -0.137. The normalized spacial score (nSPS) is 12.2. The maximum atomic E-state index is 13.7. The van der Waals surface area contributed by atoms with Gasteiger partial charge in [-0.25, -0.2) is 12.8 Å². The molecule has 0 atom stereocenters. The highest BCUT2D eigenvalue weighted by molar-refractivity contribution is 7.92. The summed E-state index contributed by atoms with van der Waals surface area (Å²) in [5, 5.41) is 0. The molecule has 0 aliphatic rings. The quantitative estimate of drug-likeness (QED) is 0.865. The third-order valence-electron chi connectivity index (χ3n) is 2.89. The van der Waals surface area contributed by atoms with Gasteiger partial charge in [0.1, 0.15) is 5.82 Å². The Morgan fingerprint density at radius 1 is 1.00 bits per heavy atom. The minimum atomic E-state index is -4.88. The van der Waals surface area contributed by atoms with Crippen molar-refractivity contribution in [1.29, 1.82) is 0 Å². The van der Waals surface area contributed by atoms with Crippen LogP contribution in [0.25, 0.3) is 0 Å². The smallest absolute Gasteiger partial charge is 0.276 e. The molecule has 0 unspecified atom stereocenters. The Kier molecular flexibility index (Phi) is 4.15. The summed E-state index contributed by atoms with van der Waals surface area (Å²) in [7, 11) is -4.33. The molecule has 0 aliphatic carbocycles. The third kappa shape index (κ3) is 3.38. The molecule has 0 aromatic heterocycles. The van der Waals surface area contributed by atoms with Gasteiger partial charge in [0.15, 0.2) is 0 Å². The monoisotopic (exact) mass is 333 g/mol. The van der Waals surface area contributed by atoms with E-state index in [-0.39, 0.29) is 4.90 Å². The van der Waals surface area contributed by atoms with Crippen molar-refractivity contribution in [3.8, 4) is 0 Å². The van der Waals surface area contributed by atoms with Crippen molar-refractivity contribution in [3.63, 3.8) is 0 Å². The second-order valence-corrected chi connectivity index (χ2v) is 6.26. The van der Waals surface area contributed by atoms with Crippen molar-refractivity contribution in [2.75, 3.05) is 4.72 Å². The number of para-hydroxylation sites is 1. The molecule has 2 aromatic rings. The van der Waals surface area contributed by atoms with Crippen LogP contribution in [0, 0.1) is 12.7 Å². The Bertz CT molecular complexity index is 783. The highest BCUT2D eigenvalue weighted by Crippen LogP contribution is 2.37. The molecule has 1 N–H and O–H groups in total. The van der Waals surface area contributed by atoms with Crippen LogP contribution in [0.1, 0.15) is 11.1 Å². The molecule has 0 saturated carbocycles. The number of nitrogens with one attached hydrogen (secondary N) is 1. The molecular weight excluding hydrogens is 322 g/mol. The van der Waals surface area contributed by atoms with Crippen LogP contribution in [-0.4, -0.2) is 8.42 Å². The Hall–Kier alpha value is -2.09. The molecule has 0 heterocycles. The number of aryl methyl sites for hydroxylation is 1. The summed E-state index contributed by atoms with van der Waals surface area (Å²) in [6.45, 7) is 1.72. The molecule has 0 bridgehead atoms. The van der Waals surface area contributed by atoms with Crippen LogP contribution < -0.4 is 4.72 Å². The maximum Gasteiger partial charge on any atom is 0.418 e. The molecule has 2 aromatic carbocycles. The van der Waals surface area contributed by atoms with Crippen molar-refractivity contribution in [2.24, 2.45) is 0 Å². The zero-order valence-corrected chi connectivity index (χ0v) is 12.1. The molecule has 0 saturated heterocycles. The summed E-state index contributed by atoms with van der Waals surface area (Å²) in [6, 6.07) is 7.65. The molecule has 3 nitrogen and oxygen atoms in total. The standard InChI is InChI=1S/C14H11F4NO2S/c1-9-5-7-10(8-6-9)22(20,21)19-13-11(14(16,17)18)3-2-4-12(13)15/h2-8,19H,1H3. The summed E-state index contributed by atoms with van der Waals surface area (Å²) < 4.78 is 78.1. The minimum absolute atomic E-state index is 0.255. The average molecular weight is 333 g/mol. The zero-order valence-electron chi connectivity index (χ0n) is 11.3. The topological polar surface area (TPSA) is 46.2 Å². The van der Waals surface area contributed by atoms with E-state index in [1.54, 1.807) is 11.6 Å². The first-order chi connectivity index (χ1) is 10.1. The average Bonchev–Trinajstić information content (AvgIpc) is 2.40. The van der Waals surface area contributed by atoms with Gasteiger partial charge in [-0.3, -0.25) is 4.72 Å². The molecule has 0 aliphatic heterocycles. The first kappa shape index (κ1) is 16.3. The van der Waals surface area contributed by atoms with Crippen LogP contribution in [0.2, 0.25) is 0 Å². The highest BCUT2D eigenvalue weighted by atomic mass is 32.2. The summed E-state index contributed by atoms with van der Waals surface area (Å²) in [5.74, 6) is -1.30. The van der Waals surface area contributed by atoms with Gasteiger partial charge in [0.25, 0.3) is 10.0 Å². The molecule has 118 valence electrons. The number of benzene rings is 2. The number of halogens is 4. The van der Waals surface area contributed by atoms with E-state index in [2.05, 4.69) is 0 Å². The third-order valence-corrected chi connectivity index (χ3v) is 4.25. The fourth-order valence-electron chi connectivity index (χ4n) is 1.77. The van der Waals surface area contributed by atoms with Gasteiger partial charge < -0.3 is 0 Å². The van der Waals surface area contributed by atoms with Gasteiger partial charge in [-0.2, -0.15) is 13.2 Å². The van der Waals surface area contributed by atoms with E-state index in [9.17, 15) is 26.0 Å². The predicted molar refractivity (Wildman–Crippen MR) is 73.4 cm³/mol. The van der Waals surface area contributed by atoms with Gasteiger partial charge in [0.2, 0.25) is 0 Å². The molecule has 0 spiro atoms. The van der Waals surface area contributed by atoms with Crippen LogP contribution in [0.15, 0.2) is 47.4 Å². The van der Waals surface area contributed by atoms with Crippen molar-refractivity contribution in [1.82, 2.24) is 0 Å². The number of hydrogen-bond donors (Lipinski definition) is 1. The lowest BCUT2D eigenvalue weighted by Crippen LogP contribution is -2.18. The fourth-order valence-corrected chi connectivity index (χ4v) is 2.86. The van der Waals surface area contributed by atoms with Crippen molar-refractivity contribution in [3.05, 3.63) is 59.4 Å². The Morgan fingerprint density at radius 2 is 1.59 bits per heavy atom. The predicted octanol–water partition coefficient (Wildman–Crippen LogP) is 3.95. The molecule has 0 radical (unpaired) electrons. The maximum absolute atomic E-state index is 13.7. The Balaban J connectivity index is 2.48. The lowest BCUT2D eigenvalue weighted by atomic mass is 10.1. The van der Waals surface area contributed by atoms with Gasteiger partial charge >= 0.3 is 6.18 Å². The molecular formula is C14H11F4NO2S. The van der Waals surface area contributed by atoms with Gasteiger partial charge in [0, 0.05) is 0 Å². The van der Waals surface area contributed by atoms with Crippen LogP contribution in [-0.2, 0) is 16.2 Å². The largest absolute Gasteiger partial charge is 0.418 e. The van der Waals surface area contributed by atoms with E-state index in [0.717, 1.165) is 17.7 Å². The molecule has 2 rings (SSSR count). The number of anilines is 1. The molecule has 8 heteroatoms. The van der Waals surface area contributed by atoms with Crippen LogP contribution in [0.5, 0.6) is 0 Å². The summed E-state index contributed by atoms with van der Waals surface area (Å²) in [5.41, 5.74) is -1.72. The summed E-state index contributed by atoms with van der Waals surface area (Å²) in [4.78, 5) is -0.255. The summed E-state index contributed by atoms with van der Waals surface area (Å²) in [6.07, 6.45) is -4.88. The van der Waals surface area contributed by atoms with Gasteiger partial charge in [0.05, 0.1) is 16.1 Å². The Labute approximate surface area is 124 Å². The van der Waals surface area contributed by atoms with Crippen LogP contribution >= 0.6 is 0 Å². The summed E-state index contributed by atoms with van der Waals surface area (Å²) >= 11 is 0. The van der Waals surface area contributed by atoms with Crippen LogP contribution in [0.3, 0.4) is 0 Å². The SMILES string of the molecule is Cc1ccc(S(=O)(=O)Nc2c(F)cccc2C(F)(F)F)cc1. The van der Waals surface area contributed by atoms with Crippen molar-refractivity contribution < 1.29 is 26.0 Å². The first-order valence-corrected chi connectivity index (χ1v) is 7.55. The Morgan fingerprint density at radius 3 is 2.14 bits per heavy atom. The van der Waals surface area contributed by atoms with Crippen molar-refractivity contribution in [2.45, 2.75) is 18.0 Å². The van der Waals surface area contributed by atoms with E-state index in [0.29, 0.717) is 6.07 Å². The van der Waals surface area contributed by atoms with E-state index < -0.39 is 33.3 Å². The van der Waals surface area contributed by atoms with Gasteiger partial charge in [-0.05, 0) is 31.2 Å². The lowest BCUT2D eigenvalue weighted by Gasteiger charge is -2.15. The number of alkyl halides is 3. The zero-order chi connectivity index (χ0) is 16.5. The van der Waals surface area contributed by atoms with Crippen LogP contribution in [0.4, 0.5) is 23.2 Å². The number of rotatable bonds is 3. The van der Waals surface area contributed by atoms with Gasteiger partial charge in [-0.1, -0.05) is 23.8 Å². The minimum Gasteiger partial charge on any atom is -0.276 e. The van der Waals surface area contributed by atoms with E-state index in [4.69, 9.17) is 0 Å². The van der Waals surface area contributed by atoms with Gasteiger partial charge in [-0.15, -0.1) is 0 Å². The number of hydrogen-bond acceptors (Lipinski definition) is 2. The molecule has 22 heavy (non-hydrogen) atoms. The van der Waals surface area contributed by atoms with Crippen molar-refractivity contribution >= 4 is 15.7 Å². The first-order valence-electron chi connectivity index (χ1n) is 6.06. The second kappa shape index (κ2) is 5.60. The second-order valence-electron chi connectivity index (χ2n) is 4.58. The van der Waals surface area contributed by atoms with E-state index >= 15 is 0 Å². The fraction of sp³-hybridized carbons (Fsp3) is 0.143.